The third-order valence-corrected chi connectivity index (χ3v) is 3.51. The maximum atomic E-state index is 11.8. The van der Waals surface area contributed by atoms with E-state index in [2.05, 4.69) is 10.1 Å². The Bertz CT molecular complexity index is 568. The van der Waals surface area contributed by atoms with Crippen LogP contribution in [-0.4, -0.2) is 25.0 Å². The zero-order valence-corrected chi connectivity index (χ0v) is 13.0. The fourth-order valence-electron chi connectivity index (χ4n) is 2.12. The first-order valence-electron chi connectivity index (χ1n) is 6.97. The molecule has 0 heterocycles. The molecule has 22 heavy (non-hydrogen) atoms. The molecule has 1 rings (SSSR count). The quantitative estimate of drug-likeness (QED) is 0.742. The first-order chi connectivity index (χ1) is 10.3. The molecular formula is C16H20NO5-. The fraction of sp³-hybridized carbons (Fsp3) is 0.438. The van der Waals surface area contributed by atoms with Crippen molar-refractivity contribution in [2.75, 3.05) is 7.11 Å². The Balaban J connectivity index is 2.93. The van der Waals surface area contributed by atoms with Gasteiger partial charge in [0.05, 0.1) is 19.6 Å². The van der Waals surface area contributed by atoms with Gasteiger partial charge in [0.2, 0.25) is 5.91 Å². The summed E-state index contributed by atoms with van der Waals surface area (Å²) in [5, 5.41) is 13.1. The Hall–Kier alpha value is -2.37. The van der Waals surface area contributed by atoms with Crippen LogP contribution in [0.15, 0.2) is 18.2 Å². The highest BCUT2D eigenvalue weighted by Crippen LogP contribution is 2.23. The molecule has 0 saturated carbocycles. The second-order valence-electron chi connectivity index (χ2n) is 5.06. The predicted octanol–water partition coefficient (Wildman–Crippen LogP) is 0.554. The van der Waals surface area contributed by atoms with E-state index in [1.807, 2.05) is 32.0 Å². The molecule has 0 aromatic heterocycles. The minimum Gasteiger partial charge on any atom is -0.550 e. The summed E-state index contributed by atoms with van der Waals surface area (Å²) in [5.74, 6) is -2.18. The van der Waals surface area contributed by atoms with Crippen molar-refractivity contribution in [3.05, 3.63) is 34.9 Å². The van der Waals surface area contributed by atoms with E-state index in [4.69, 9.17) is 0 Å². The number of methoxy groups -OCH3 is 1. The van der Waals surface area contributed by atoms with E-state index in [0.29, 0.717) is 0 Å². The molecule has 0 radical (unpaired) electrons. The number of rotatable bonds is 7. The molecule has 1 amide bonds. The lowest BCUT2D eigenvalue weighted by atomic mass is 9.95. The van der Waals surface area contributed by atoms with Crippen LogP contribution in [0.3, 0.4) is 0 Å². The lowest BCUT2D eigenvalue weighted by Crippen LogP contribution is -2.32. The summed E-state index contributed by atoms with van der Waals surface area (Å²) in [7, 11) is 1.28. The van der Waals surface area contributed by atoms with Crippen LogP contribution < -0.4 is 10.4 Å². The molecule has 1 aromatic rings. The summed E-state index contributed by atoms with van der Waals surface area (Å²) in [6, 6.07) is 5.05. The summed E-state index contributed by atoms with van der Waals surface area (Å²) >= 11 is 0. The highest BCUT2D eigenvalue weighted by Gasteiger charge is 2.20. The van der Waals surface area contributed by atoms with Gasteiger partial charge in [0.25, 0.3) is 0 Å². The van der Waals surface area contributed by atoms with Crippen molar-refractivity contribution in [1.82, 2.24) is 5.32 Å². The molecule has 0 aliphatic rings. The Labute approximate surface area is 129 Å². The minimum atomic E-state index is -1.29. The molecule has 0 aliphatic heterocycles. The van der Waals surface area contributed by atoms with Crippen molar-refractivity contribution >= 4 is 17.8 Å². The van der Waals surface area contributed by atoms with E-state index in [9.17, 15) is 19.5 Å². The largest absolute Gasteiger partial charge is 0.550 e. The lowest BCUT2D eigenvalue weighted by Gasteiger charge is -2.21. The topological polar surface area (TPSA) is 95.5 Å². The third kappa shape index (κ3) is 5.20. The number of carbonyl (C=O) groups excluding carboxylic acids is 3. The maximum Gasteiger partial charge on any atom is 0.307 e. The zero-order chi connectivity index (χ0) is 16.7. The molecule has 6 nitrogen and oxygen atoms in total. The van der Waals surface area contributed by atoms with Crippen molar-refractivity contribution in [2.24, 2.45) is 0 Å². The number of aliphatic carboxylic acids is 1. The van der Waals surface area contributed by atoms with Crippen LogP contribution in [-0.2, 0) is 19.1 Å². The van der Waals surface area contributed by atoms with Crippen LogP contribution in [0, 0.1) is 13.8 Å². The normalized spacial score (nSPS) is 11.6. The van der Waals surface area contributed by atoms with Gasteiger partial charge in [0.1, 0.15) is 0 Å². The van der Waals surface area contributed by atoms with Crippen LogP contribution in [0.1, 0.15) is 42.0 Å². The summed E-state index contributed by atoms with van der Waals surface area (Å²) in [4.78, 5) is 33.8. The molecule has 0 unspecified atom stereocenters. The number of hydrogen-bond acceptors (Lipinski definition) is 5. The predicted molar refractivity (Wildman–Crippen MR) is 77.7 cm³/mol. The highest BCUT2D eigenvalue weighted by molar-refractivity contribution is 5.81. The monoisotopic (exact) mass is 306 g/mol. The first kappa shape index (κ1) is 17.7. The second kappa shape index (κ2) is 8.17. The van der Waals surface area contributed by atoms with Gasteiger partial charge in [-0.05, 0) is 37.0 Å². The number of carboxylic acid groups (broad SMARTS) is 1. The van der Waals surface area contributed by atoms with Crippen LogP contribution in [0.2, 0.25) is 0 Å². The second-order valence-corrected chi connectivity index (χ2v) is 5.06. The van der Waals surface area contributed by atoms with Gasteiger partial charge < -0.3 is 20.0 Å². The molecular weight excluding hydrogens is 286 g/mol. The highest BCUT2D eigenvalue weighted by atomic mass is 16.5. The number of hydrogen-bond donors (Lipinski definition) is 1. The van der Waals surface area contributed by atoms with E-state index in [1.165, 1.54) is 7.11 Å². The van der Waals surface area contributed by atoms with E-state index in [-0.39, 0.29) is 19.3 Å². The number of esters is 1. The third-order valence-electron chi connectivity index (χ3n) is 3.51. The van der Waals surface area contributed by atoms with Crippen molar-refractivity contribution in [1.29, 1.82) is 0 Å². The van der Waals surface area contributed by atoms with Gasteiger partial charge in [-0.1, -0.05) is 18.2 Å². The maximum absolute atomic E-state index is 11.8. The Morgan fingerprint density at radius 2 is 1.91 bits per heavy atom. The van der Waals surface area contributed by atoms with Crippen molar-refractivity contribution in [3.8, 4) is 0 Å². The van der Waals surface area contributed by atoms with E-state index >= 15 is 0 Å². The standard InChI is InChI=1S/C16H21NO5/c1-10-5-4-6-12(11(10)2)13(9-16(21)22-3)17-14(18)7-8-15(19)20/h4-6,13H,7-9H2,1-3H3,(H,17,18)(H,19,20)/p-1/t13-/m0/s1. The molecule has 1 atom stereocenters. The number of carbonyl (C=O) groups is 3. The molecule has 0 saturated heterocycles. The average molecular weight is 306 g/mol. The molecule has 0 aliphatic carbocycles. The lowest BCUT2D eigenvalue weighted by molar-refractivity contribution is -0.305. The van der Waals surface area contributed by atoms with Crippen molar-refractivity contribution in [2.45, 2.75) is 39.2 Å². The van der Waals surface area contributed by atoms with Gasteiger partial charge in [-0.15, -0.1) is 0 Å². The fourth-order valence-corrected chi connectivity index (χ4v) is 2.12. The number of aryl methyl sites for hydroxylation is 1. The molecule has 120 valence electrons. The van der Waals surface area contributed by atoms with E-state index in [0.717, 1.165) is 16.7 Å². The number of amides is 1. The van der Waals surface area contributed by atoms with Gasteiger partial charge in [-0.2, -0.15) is 0 Å². The van der Waals surface area contributed by atoms with Crippen LogP contribution in [0.4, 0.5) is 0 Å². The summed E-state index contributed by atoms with van der Waals surface area (Å²) < 4.78 is 4.66. The molecule has 1 aromatic carbocycles. The van der Waals surface area contributed by atoms with Crippen LogP contribution >= 0.6 is 0 Å². The van der Waals surface area contributed by atoms with E-state index in [1.54, 1.807) is 0 Å². The van der Waals surface area contributed by atoms with Crippen molar-refractivity contribution < 1.29 is 24.2 Å². The number of carboxylic acids is 1. The van der Waals surface area contributed by atoms with Gasteiger partial charge >= 0.3 is 5.97 Å². The molecule has 1 N–H and O–H groups in total. The summed E-state index contributed by atoms with van der Waals surface area (Å²) in [6.07, 6.45) is -0.563. The smallest absolute Gasteiger partial charge is 0.307 e. The molecule has 0 spiro atoms. The van der Waals surface area contributed by atoms with Crippen LogP contribution in [0.25, 0.3) is 0 Å². The minimum absolute atomic E-state index is 0.0160. The average Bonchev–Trinajstić information content (AvgIpc) is 2.47. The number of ether oxygens (including phenoxy) is 1. The Morgan fingerprint density at radius 1 is 1.23 bits per heavy atom. The zero-order valence-electron chi connectivity index (χ0n) is 13.0. The van der Waals surface area contributed by atoms with Gasteiger partial charge in [-0.3, -0.25) is 9.59 Å². The molecule has 0 fully saturated rings. The van der Waals surface area contributed by atoms with Gasteiger partial charge in [0.15, 0.2) is 0 Å². The number of nitrogens with one attached hydrogen (secondary N) is 1. The van der Waals surface area contributed by atoms with Crippen molar-refractivity contribution in [3.63, 3.8) is 0 Å². The van der Waals surface area contributed by atoms with Gasteiger partial charge in [0, 0.05) is 12.4 Å². The summed E-state index contributed by atoms with van der Waals surface area (Å²) in [6.45, 7) is 3.84. The number of benzene rings is 1. The molecule has 6 heteroatoms. The SMILES string of the molecule is COC(=O)C[C@H](NC(=O)CCC(=O)[O-])c1cccc(C)c1C. The van der Waals surface area contributed by atoms with Gasteiger partial charge in [-0.25, -0.2) is 0 Å². The van der Waals surface area contributed by atoms with E-state index < -0.39 is 23.9 Å². The molecule has 0 bridgehead atoms. The Morgan fingerprint density at radius 3 is 2.50 bits per heavy atom. The summed E-state index contributed by atoms with van der Waals surface area (Å²) in [5.41, 5.74) is 2.82. The first-order valence-corrected chi connectivity index (χ1v) is 6.97. The van der Waals surface area contributed by atoms with Crippen LogP contribution in [0.5, 0.6) is 0 Å². The Kier molecular flexibility index (Phi) is 6.56.